The van der Waals surface area contributed by atoms with Gasteiger partial charge in [-0.15, -0.1) is 0 Å². The van der Waals surface area contributed by atoms with E-state index in [1.165, 1.54) is 12.1 Å². The first-order valence-electron chi connectivity index (χ1n) is 9.32. The Balaban J connectivity index is 1.54. The lowest BCUT2D eigenvalue weighted by Crippen LogP contribution is -2.13. The second-order valence-electron chi connectivity index (χ2n) is 6.49. The van der Waals surface area contributed by atoms with Crippen molar-refractivity contribution >= 4 is 28.5 Å². The highest BCUT2D eigenvalue weighted by atomic mass is 35.5. The normalized spacial score (nSPS) is 10.7. The number of rotatable bonds is 6. The van der Waals surface area contributed by atoms with Crippen molar-refractivity contribution in [2.45, 2.75) is 0 Å². The van der Waals surface area contributed by atoms with Gasteiger partial charge in [-0.05, 0) is 48.5 Å². The summed E-state index contributed by atoms with van der Waals surface area (Å²) in [6.45, 7) is 0.232. The van der Waals surface area contributed by atoms with Crippen LogP contribution in [0.4, 0.5) is 4.39 Å². The lowest BCUT2D eigenvalue weighted by molar-refractivity contribution is 0.0453. The minimum Gasteiger partial charge on any atom is -0.488 e. The molecule has 0 aliphatic heterocycles. The molecule has 4 aromatic rings. The van der Waals surface area contributed by atoms with E-state index in [2.05, 4.69) is 4.98 Å². The van der Waals surface area contributed by atoms with Gasteiger partial charge in [0.1, 0.15) is 24.8 Å². The predicted molar refractivity (Wildman–Crippen MR) is 114 cm³/mol. The molecule has 0 N–H and O–H groups in total. The van der Waals surface area contributed by atoms with Gasteiger partial charge >= 0.3 is 5.97 Å². The van der Waals surface area contributed by atoms with Crippen molar-refractivity contribution in [3.63, 3.8) is 0 Å². The molecule has 0 spiro atoms. The number of pyridine rings is 1. The van der Waals surface area contributed by atoms with Crippen LogP contribution in [-0.2, 0) is 4.74 Å². The number of esters is 1. The molecule has 3 aromatic carbocycles. The highest BCUT2D eigenvalue weighted by Gasteiger charge is 2.15. The molecule has 0 aliphatic carbocycles. The van der Waals surface area contributed by atoms with Crippen LogP contribution in [0.1, 0.15) is 10.4 Å². The van der Waals surface area contributed by atoms with Crippen LogP contribution in [0.3, 0.4) is 0 Å². The zero-order valence-electron chi connectivity index (χ0n) is 15.8. The Morgan fingerprint density at radius 3 is 2.47 bits per heavy atom. The Kier molecular flexibility index (Phi) is 5.91. The summed E-state index contributed by atoms with van der Waals surface area (Å²) >= 11 is 6.05. The lowest BCUT2D eigenvalue weighted by atomic mass is 10.0. The van der Waals surface area contributed by atoms with Crippen LogP contribution in [0.2, 0.25) is 5.02 Å². The molecule has 0 unspecified atom stereocenters. The van der Waals surface area contributed by atoms with E-state index >= 15 is 0 Å². The molecule has 0 bridgehead atoms. The van der Waals surface area contributed by atoms with Gasteiger partial charge in [-0.2, -0.15) is 0 Å². The lowest BCUT2D eigenvalue weighted by Gasteiger charge is -2.11. The number of benzene rings is 3. The molecule has 0 saturated heterocycles. The monoisotopic (exact) mass is 421 g/mol. The number of ether oxygens (including phenoxy) is 2. The van der Waals surface area contributed by atoms with Crippen LogP contribution in [-0.4, -0.2) is 24.2 Å². The Morgan fingerprint density at radius 1 is 0.933 bits per heavy atom. The number of fused-ring (bicyclic) bond motifs is 1. The predicted octanol–water partition coefficient (Wildman–Crippen LogP) is 5.93. The average Bonchev–Trinajstić information content (AvgIpc) is 2.77. The highest BCUT2D eigenvalue weighted by molar-refractivity contribution is 6.32. The Bertz CT molecular complexity index is 1190. The number of carbonyl (C=O) groups excluding carboxylic acids is 1. The molecule has 4 nitrogen and oxygen atoms in total. The summed E-state index contributed by atoms with van der Waals surface area (Å²) in [6.07, 6.45) is 0. The van der Waals surface area contributed by atoms with Gasteiger partial charge in [0.05, 0.1) is 21.8 Å². The van der Waals surface area contributed by atoms with Crippen LogP contribution in [0.15, 0.2) is 78.9 Å². The van der Waals surface area contributed by atoms with Crippen molar-refractivity contribution in [1.29, 1.82) is 0 Å². The van der Waals surface area contributed by atoms with Gasteiger partial charge in [-0.1, -0.05) is 41.9 Å². The molecule has 0 aliphatic rings. The first kappa shape index (κ1) is 19.9. The van der Waals surface area contributed by atoms with Gasteiger partial charge in [0.2, 0.25) is 0 Å². The van der Waals surface area contributed by atoms with Gasteiger partial charge in [0.15, 0.2) is 0 Å². The second-order valence-corrected chi connectivity index (χ2v) is 6.90. The molecular formula is C24H17ClFNO3. The number of para-hydroxylation sites is 2. The van der Waals surface area contributed by atoms with E-state index in [0.29, 0.717) is 38.5 Å². The second kappa shape index (κ2) is 8.93. The highest BCUT2D eigenvalue weighted by Crippen LogP contribution is 2.26. The van der Waals surface area contributed by atoms with Crippen LogP contribution in [0.25, 0.3) is 22.2 Å². The topological polar surface area (TPSA) is 48.4 Å². The standard InChI is InChI=1S/C24H17ClFNO3/c25-20-6-2-4-8-23(20)29-13-14-30-24(28)19-15-22(16-9-11-17(26)12-10-16)27-21-7-3-1-5-18(19)21/h1-12,15H,13-14H2. The molecular weight excluding hydrogens is 405 g/mol. The maximum absolute atomic E-state index is 13.3. The third kappa shape index (κ3) is 4.42. The maximum Gasteiger partial charge on any atom is 0.339 e. The molecule has 30 heavy (non-hydrogen) atoms. The van der Waals surface area contributed by atoms with Crippen LogP contribution < -0.4 is 4.74 Å². The number of halogens is 2. The minimum atomic E-state index is -0.486. The van der Waals surface area contributed by atoms with E-state index in [9.17, 15) is 9.18 Å². The largest absolute Gasteiger partial charge is 0.488 e. The SMILES string of the molecule is O=C(OCCOc1ccccc1Cl)c1cc(-c2ccc(F)cc2)nc2ccccc12. The van der Waals surface area contributed by atoms with Gasteiger partial charge in [0.25, 0.3) is 0 Å². The third-order valence-electron chi connectivity index (χ3n) is 4.49. The van der Waals surface area contributed by atoms with Crippen molar-refractivity contribution < 1.29 is 18.7 Å². The molecule has 150 valence electrons. The molecule has 0 fully saturated rings. The van der Waals surface area contributed by atoms with E-state index in [0.717, 1.165) is 0 Å². The first-order valence-corrected chi connectivity index (χ1v) is 9.70. The van der Waals surface area contributed by atoms with Crippen LogP contribution >= 0.6 is 11.6 Å². The molecule has 1 heterocycles. The van der Waals surface area contributed by atoms with E-state index in [1.54, 1.807) is 30.3 Å². The van der Waals surface area contributed by atoms with Crippen molar-refractivity contribution in [3.8, 4) is 17.0 Å². The molecule has 0 saturated carbocycles. The molecule has 1 aromatic heterocycles. The molecule has 0 atom stereocenters. The van der Waals surface area contributed by atoms with Crippen molar-refractivity contribution in [2.24, 2.45) is 0 Å². The number of carbonyl (C=O) groups is 1. The summed E-state index contributed by atoms with van der Waals surface area (Å²) in [6, 6.07) is 22.0. The molecule has 6 heteroatoms. The fourth-order valence-corrected chi connectivity index (χ4v) is 3.23. The average molecular weight is 422 g/mol. The fraction of sp³-hybridized carbons (Fsp3) is 0.0833. The zero-order valence-corrected chi connectivity index (χ0v) is 16.6. The summed E-state index contributed by atoms with van der Waals surface area (Å²) in [7, 11) is 0. The van der Waals surface area contributed by atoms with Gasteiger partial charge in [-0.3, -0.25) is 0 Å². The van der Waals surface area contributed by atoms with E-state index in [4.69, 9.17) is 21.1 Å². The van der Waals surface area contributed by atoms with E-state index in [-0.39, 0.29) is 19.0 Å². The fourth-order valence-electron chi connectivity index (χ4n) is 3.04. The Hall–Kier alpha value is -3.44. The summed E-state index contributed by atoms with van der Waals surface area (Å²) in [5.74, 6) is -0.291. The third-order valence-corrected chi connectivity index (χ3v) is 4.80. The zero-order chi connectivity index (χ0) is 20.9. The summed E-state index contributed by atoms with van der Waals surface area (Å²) < 4.78 is 24.2. The summed E-state index contributed by atoms with van der Waals surface area (Å²) in [5.41, 5.74) is 2.31. The van der Waals surface area contributed by atoms with Crippen LogP contribution in [0, 0.1) is 5.82 Å². The number of nitrogens with zero attached hydrogens (tertiary/aromatic N) is 1. The van der Waals surface area contributed by atoms with E-state index in [1.807, 2.05) is 36.4 Å². The first-order chi connectivity index (χ1) is 14.6. The smallest absolute Gasteiger partial charge is 0.339 e. The molecule has 0 radical (unpaired) electrons. The summed E-state index contributed by atoms with van der Waals surface area (Å²) in [4.78, 5) is 17.4. The van der Waals surface area contributed by atoms with Crippen LogP contribution in [0.5, 0.6) is 5.75 Å². The van der Waals surface area contributed by atoms with Gasteiger partial charge in [0, 0.05) is 10.9 Å². The molecule has 4 rings (SSSR count). The van der Waals surface area contributed by atoms with Crippen molar-refractivity contribution in [1.82, 2.24) is 4.98 Å². The number of hydrogen-bond acceptors (Lipinski definition) is 4. The Labute approximate surface area is 177 Å². The van der Waals surface area contributed by atoms with Gasteiger partial charge < -0.3 is 9.47 Å². The Morgan fingerprint density at radius 2 is 1.67 bits per heavy atom. The number of aromatic nitrogens is 1. The molecule has 0 amide bonds. The quantitative estimate of drug-likeness (QED) is 0.286. The van der Waals surface area contributed by atoms with E-state index < -0.39 is 5.97 Å². The van der Waals surface area contributed by atoms with Gasteiger partial charge in [-0.25, -0.2) is 14.2 Å². The number of hydrogen-bond donors (Lipinski definition) is 0. The maximum atomic E-state index is 13.3. The summed E-state index contributed by atoms with van der Waals surface area (Å²) in [5, 5.41) is 1.17. The van der Waals surface area contributed by atoms with Crippen molar-refractivity contribution in [3.05, 3.63) is 95.3 Å². The minimum absolute atomic E-state index is 0.0621. The van der Waals surface area contributed by atoms with Crippen molar-refractivity contribution in [2.75, 3.05) is 13.2 Å².